The molecule has 3 aliphatic rings. The van der Waals surface area contributed by atoms with Gasteiger partial charge in [0.25, 0.3) is 0 Å². The smallest absolute Gasteiger partial charge is 0.228 e. The summed E-state index contributed by atoms with van der Waals surface area (Å²) in [7, 11) is 0. The van der Waals surface area contributed by atoms with Crippen LogP contribution >= 0.6 is 0 Å². The van der Waals surface area contributed by atoms with Crippen molar-refractivity contribution in [1.29, 1.82) is 0 Å². The zero-order valence-corrected chi connectivity index (χ0v) is 26.7. The highest BCUT2D eigenvalue weighted by Gasteiger charge is 2.52. The lowest BCUT2D eigenvalue weighted by Gasteiger charge is -2.47. The monoisotopic (exact) mass is 649 g/mol. The Bertz CT molecular complexity index is 990. The van der Waals surface area contributed by atoms with Crippen LogP contribution in [0, 0.1) is 17.8 Å². The summed E-state index contributed by atoms with van der Waals surface area (Å²) in [6.07, 6.45) is -11.1. The van der Waals surface area contributed by atoms with Gasteiger partial charge in [-0.3, -0.25) is 4.79 Å². The average Bonchev–Trinajstić information content (AvgIpc) is 2.94. The number of amides is 1. The van der Waals surface area contributed by atoms with Gasteiger partial charge in [-0.25, -0.2) is 0 Å². The van der Waals surface area contributed by atoms with E-state index in [0.717, 1.165) is 0 Å². The third-order valence-corrected chi connectivity index (χ3v) is 9.10. The lowest BCUT2D eigenvalue weighted by Crippen LogP contribution is -2.65. The first-order valence-electron chi connectivity index (χ1n) is 15.8. The summed E-state index contributed by atoms with van der Waals surface area (Å²) in [5, 5.41) is 87.6. The highest BCUT2D eigenvalue weighted by molar-refractivity contribution is 5.80. The predicted octanol–water partition coefficient (Wildman–Crippen LogP) is -3.07. The van der Waals surface area contributed by atoms with Gasteiger partial charge in [0.2, 0.25) is 5.91 Å². The fourth-order valence-corrected chi connectivity index (χ4v) is 6.13. The second kappa shape index (κ2) is 15.7. The molecule has 1 aliphatic carbocycles. The zero-order chi connectivity index (χ0) is 34.0. The Morgan fingerprint density at radius 3 is 2.24 bits per heavy atom. The number of carbonyl (C=O) groups is 1. The number of hydrogen-bond acceptors (Lipinski definition) is 14. The summed E-state index contributed by atoms with van der Waals surface area (Å²) in [6, 6.07) is -3.06. The average molecular weight is 650 g/mol. The lowest BCUT2D eigenvalue weighted by atomic mass is 9.80. The van der Waals surface area contributed by atoms with Crippen LogP contribution in [0.25, 0.3) is 0 Å². The van der Waals surface area contributed by atoms with E-state index >= 15 is 0 Å². The standard InChI is InChI=1S/C30H55N3O12/c1-12(2)6-7-15(44-29-26(39)22(32)23(36)14(5)43-29)8-20-21(19(35)11-30(42,45-20)10-18(34)13(3)4)28(41)33-17-9-16(31)24(37)27(40)25(17)38/h6-7,12-27,29,34-40,42H,8-11,31-32H2,1-5H3,(H,33,41)/b7-6+/t14?,15-,16?,17?,18+,19-,20-,21+,22?,23?,24?,25?,26?,27?,29?,30+/m0/s1. The predicted molar refractivity (Wildman–Crippen MR) is 160 cm³/mol. The van der Waals surface area contributed by atoms with E-state index in [1.807, 2.05) is 19.9 Å². The van der Waals surface area contributed by atoms with Gasteiger partial charge in [0.05, 0.1) is 60.7 Å². The van der Waals surface area contributed by atoms with Crippen LogP contribution in [0.15, 0.2) is 12.2 Å². The van der Waals surface area contributed by atoms with E-state index in [-0.39, 0.29) is 31.1 Å². The SMILES string of the molecule is CC(C)/C=C/[C@@H](C[C@@H]1O[C@](O)(C[C@@H](O)C(C)C)C[C@H](O)[C@H]1C(=O)NC1CC(N)C(O)C(O)C1O)OC1OC(C)C(O)C(N)C1O. The van der Waals surface area contributed by atoms with Crippen molar-refractivity contribution in [2.75, 3.05) is 0 Å². The molecule has 3 rings (SSSR count). The largest absolute Gasteiger partial charge is 0.393 e. The maximum Gasteiger partial charge on any atom is 0.228 e. The van der Waals surface area contributed by atoms with Crippen molar-refractivity contribution >= 4 is 5.91 Å². The number of allylic oxidation sites excluding steroid dienone is 1. The van der Waals surface area contributed by atoms with E-state index in [9.17, 15) is 45.6 Å². The fraction of sp³-hybridized carbons (Fsp3) is 0.900. The van der Waals surface area contributed by atoms with E-state index in [1.165, 1.54) is 0 Å². The van der Waals surface area contributed by atoms with Crippen molar-refractivity contribution in [1.82, 2.24) is 5.32 Å². The molecule has 0 aromatic heterocycles. The number of carbonyl (C=O) groups excluding carboxylic acids is 1. The van der Waals surface area contributed by atoms with Crippen LogP contribution in [-0.4, -0.2) is 138 Å². The first-order chi connectivity index (χ1) is 20.8. The molecule has 2 heterocycles. The van der Waals surface area contributed by atoms with Gasteiger partial charge in [-0.15, -0.1) is 0 Å². The summed E-state index contributed by atoms with van der Waals surface area (Å²) in [5.41, 5.74) is 11.9. The highest BCUT2D eigenvalue weighted by Crippen LogP contribution is 2.38. The van der Waals surface area contributed by atoms with Gasteiger partial charge in [0, 0.05) is 25.3 Å². The summed E-state index contributed by atoms with van der Waals surface area (Å²) in [4.78, 5) is 13.7. The minimum Gasteiger partial charge on any atom is -0.393 e. The molecule has 3 fully saturated rings. The molecule has 0 bridgehead atoms. The molecule has 15 nitrogen and oxygen atoms in total. The topological polar surface area (TPSA) is 271 Å². The maximum absolute atomic E-state index is 13.7. The van der Waals surface area contributed by atoms with E-state index in [0.29, 0.717) is 0 Å². The van der Waals surface area contributed by atoms with Crippen molar-refractivity contribution in [2.24, 2.45) is 29.2 Å². The molecule has 0 aromatic carbocycles. The Balaban J connectivity index is 1.92. The van der Waals surface area contributed by atoms with Crippen LogP contribution in [0.4, 0.5) is 0 Å². The number of ether oxygens (including phenoxy) is 3. The molecular formula is C30H55N3O12. The quantitative estimate of drug-likeness (QED) is 0.0992. The summed E-state index contributed by atoms with van der Waals surface area (Å²) < 4.78 is 17.9. The molecule has 0 radical (unpaired) electrons. The van der Waals surface area contributed by atoms with Crippen LogP contribution in [0.3, 0.4) is 0 Å². The van der Waals surface area contributed by atoms with Gasteiger partial charge in [-0.2, -0.15) is 0 Å². The van der Waals surface area contributed by atoms with Gasteiger partial charge in [0.1, 0.15) is 18.3 Å². The summed E-state index contributed by atoms with van der Waals surface area (Å²) in [5.74, 6) is -4.30. The van der Waals surface area contributed by atoms with Crippen molar-refractivity contribution in [3.05, 3.63) is 12.2 Å². The molecule has 10 unspecified atom stereocenters. The number of aliphatic hydroxyl groups is 8. The fourth-order valence-electron chi connectivity index (χ4n) is 6.13. The Labute approximate surface area is 264 Å². The molecule has 13 N–H and O–H groups in total. The van der Waals surface area contributed by atoms with Crippen molar-refractivity contribution in [3.63, 3.8) is 0 Å². The van der Waals surface area contributed by atoms with E-state index in [4.69, 9.17) is 25.7 Å². The van der Waals surface area contributed by atoms with Gasteiger partial charge in [-0.1, -0.05) is 39.8 Å². The number of hydrogen-bond donors (Lipinski definition) is 11. The molecule has 16 atom stereocenters. The molecular weight excluding hydrogens is 594 g/mol. The molecule has 0 spiro atoms. The molecule has 1 amide bonds. The summed E-state index contributed by atoms with van der Waals surface area (Å²) >= 11 is 0. The molecule has 0 aromatic rings. The Hall–Kier alpha value is -1.31. The van der Waals surface area contributed by atoms with Gasteiger partial charge in [-0.05, 0) is 25.2 Å². The van der Waals surface area contributed by atoms with Crippen LogP contribution in [-0.2, 0) is 19.0 Å². The molecule has 1 saturated carbocycles. The maximum atomic E-state index is 13.7. The molecule has 262 valence electrons. The Kier molecular flexibility index (Phi) is 13.3. The van der Waals surface area contributed by atoms with E-state index in [2.05, 4.69) is 5.32 Å². The number of aliphatic hydroxyl groups excluding tert-OH is 7. The minimum absolute atomic E-state index is 0.0603. The second-order valence-electron chi connectivity index (χ2n) is 13.7. The second-order valence-corrected chi connectivity index (χ2v) is 13.7. The van der Waals surface area contributed by atoms with Gasteiger partial charge in [0.15, 0.2) is 12.1 Å². The Morgan fingerprint density at radius 2 is 1.64 bits per heavy atom. The normalized spacial score (nSPS) is 44.3. The minimum atomic E-state index is -2.02. The van der Waals surface area contributed by atoms with Crippen LogP contribution in [0.5, 0.6) is 0 Å². The van der Waals surface area contributed by atoms with Gasteiger partial charge < -0.3 is 71.8 Å². The van der Waals surface area contributed by atoms with E-state index in [1.54, 1.807) is 26.8 Å². The number of nitrogens with one attached hydrogen (secondary N) is 1. The van der Waals surface area contributed by atoms with Crippen molar-refractivity contribution in [3.8, 4) is 0 Å². The Morgan fingerprint density at radius 1 is 1.00 bits per heavy atom. The van der Waals surface area contributed by atoms with E-state index < -0.39 is 109 Å². The first-order valence-corrected chi connectivity index (χ1v) is 15.8. The molecule has 15 heteroatoms. The molecule has 2 aliphatic heterocycles. The summed E-state index contributed by atoms with van der Waals surface area (Å²) in [6.45, 7) is 8.93. The van der Waals surface area contributed by atoms with Crippen molar-refractivity contribution < 1.29 is 59.9 Å². The number of nitrogens with two attached hydrogens (primary N) is 2. The first kappa shape index (κ1) is 38.1. The third-order valence-electron chi connectivity index (χ3n) is 9.10. The van der Waals surface area contributed by atoms with Crippen LogP contribution in [0.2, 0.25) is 0 Å². The van der Waals surface area contributed by atoms with Gasteiger partial charge >= 0.3 is 0 Å². The van der Waals surface area contributed by atoms with Crippen molar-refractivity contribution in [2.45, 2.75) is 152 Å². The lowest BCUT2D eigenvalue weighted by molar-refractivity contribution is -0.307. The molecule has 2 saturated heterocycles. The van der Waals surface area contributed by atoms with Crippen LogP contribution in [0.1, 0.15) is 60.3 Å². The third kappa shape index (κ3) is 9.41. The zero-order valence-electron chi connectivity index (χ0n) is 26.7. The number of rotatable bonds is 11. The highest BCUT2D eigenvalue weighted by atomic mass is 16.7. The molecule has 45 heavy (non-hydrogen) atoms. The van der Waals surface area contributed by atoms with Crippen LogP contribution < -0.4 is 16.8 Å².